The molecule has 19 nitrogen and oxygen atoms in total. The Balaban J connectivity index is 1.68. The van der Waals surface area contributed by atoms with Crippen molar-refractivity contribution in [3.63, 3.8) is 0 Å². The molecule has 0 bridgehead atoms. The first kappa shape index (κ1) is 51.4. The maximum atomic E-state index is 11.2. The van der Waals surface area contributed by atoms with Crippen molar-refractivity contribution < 1.29 is 66.7 Å². The quantitative estimate of drug-likeness (QED) is 0.0559. The van der Waals surface area contributed by atoms with Gasteiger partial charge < -0.3 is 62.2 Å². The van der Waals surface area contributed by atoms with Crippen LogP contribution in [0.2, 0.25) is 0 Å². The summed E-state index contributed by atoms with van der Waals surface area (Å²) in [5.41, 5.74) is -0.526. The molecule has 1 aromatic rings. The van der Waals surface area contributed by atoms with Gasteiger partial charge in [0, 0.05) is 19.2 Å². The molecule has 0 radical (unpaired) electrons. The van der Waals surface area contributed by atoms with E-state index in [1.54, 1.807) is 0 Å². The van der Waals surface area contributed by atoms with Crippen LogP contribution in [0, 0.1) is 20.2 Å². The number of rotatable bonds is 45. The van der Waals surface area contributed by atoms with Gasteiger partial charge in [-0.15, -0.1) is 0 Å². The Morgan fingerprint density at radius 2 is 0.750 bits per heavy atom. The number of non-ortho nitro benzene ring substituents is 1. The highest BCUT2D eigenvalue weighted by atomic mass is 16.6. The predicted molar refractivity (Wildman–Crippen MR) is 207 cm³/mol. The van der Waals surface area contributed by atoms with Crippen LogP contribution in [0.5, 0.6) is 0 Å². The van der Waals surface area contributed by atoms with Gasteiger partial charge in [0.05, 0.1) is 168 Å². The van der Waals surface area contributed by atoms with Crippen molar-refractivity contribution in [2.24, 2.45) is 0 Å². The number of hydrogen-bond acceptors (Lipinski definition) is 17. The molecule has 1 rings (SSSR count). The Morgan fingerprint density at radius 1 is 0.429 bits per heavy atom. The van der Waals surface area contributed by atoms with Crippen molar-refractivity contribution >= 4 is 17.1 Å². The largest absolute Gasteiger partial charge is 0.379 e. The van der Waals surface area contributed by atoms with Gasteiger partial charge in [0.15, 0.2) is 0 Å². The second-order valence-electron chi connectivity index (χ2n) is 11.9. The lowest BCUT2D eigenvalue weighted by molar-refractivity contribution is -0.393. The number of anilines is 1. The van der Waals surface area contributed by atoms with Crippen molar-refractivity contribution in [1.29, 1.82) is 0 Å². The number of nitrogens with one attached hydrogen (secondary N) is 1. The molecular weight excluding hydrogens is 742 g/mol. The molecule has 0 atom stereocenters. The number of nitrogens with zero attached hydrogens (tertiary/aromatic N) is 2. The summed E-state index contributed by atoms with van der Waals surface area (Å²) in [7, 11) is 0. The molecular formula is C37H67N3O16. The van der Waals surface area contributed by atoms with Crippen LogP contribution >= 0.6 is 0 Å². The molecule has 0 aromatic heterocycles. The minimum Gasteiger partial charge on any atom is -0.379 e. The number of ether oxygens (including phenoxy) is 12. The molecule has 0 unspecified atom stereocenters. The van der Waals surface area contributed by atoms with E-state index >= 15 is 0 Å². The SMILES string of the molecule is CCCCCCCOCCOCCOCCOCCOCCOCCOCCOCCOCCOCCOCCOCCNc1ccc([N+](=O)[O-])cc1[N+](=O)[O-]. The highest BCUT2D eigenvalue weighted by Gasteiger charge is 2.19. The van der Waals surface area contributed by atoms with E-state index in [0.717, 1.165) is 19.1 Å². The first-order chi connectivity index (χ1) is 27.6. The smallest absolute Gasteiger partial charge is 0.299 e. The lowest BCUT2D eigenvalue weighted by Gasteiger charge is -2.09. The number of nitro benzene ring substituents is 2. The average Bonchev–Trinajstić information content (AvgIpc) is 3.19. The topological polar surface area (TPSA) is 209 Å². The summed E-state index contributed by atoms with van der Waals surface area (Å²) in [4.78, 5) is 20.6. The van der Waals surface area contributed by atoms with Crippen LogP contribution in [0.25, 0.3) is 0 Å². The Bertz CT molecular complexity index is 1050. The molecule has 19 heteroatoms. The third-order valence-corrected chi connectivity index (χ3v) is 7.44. The molecule has 0 amide bonds. The van der Waals surface area contributed by atoms with Gasteiger partial charge in [0.25, 0.3) is 11.4 Å². The second kappa shape index (κ2) is 40.5. The van der Waals surface area contributed by atoms with Crippen LogP contribution in [0.3, 0.4) is 0 Å². The summed E-state index contributed by atoms with van der Waals surface area (Å²) in [5.74, 6) is 0. The first-order valence-electron chi connectivity index (χ1n) is 19.7. The van der Waals surface area contributed by atoms with Crippen LogP contribution < -0.4 is 5.32 Å². The molecule has 0 aliphatic heterocycles. The summed E-state index contributed by atoms with van der Waals surface area (Å²) in [6, 6.07) is 3.43. The minimum absolute atomic E-state index is 0.186. The van der Waals surface area contributed by atoms with Gasteiger partial charge in [-0.3, -0.25) is 20.2 Å². The zero-order valence-electron chi connectivity index (χ0n) is 33.4. The predicted octanol–water partition coefficient (Wildman–Crippen LogP) is 4.08. The van der Waals surface area contributed by atoms with Crippen LogP contribution in [0.4, 0.5) is 17.1 Å². The standard InChI is InChI=1S/C37H67N3O16/c1-2-3-4-5-6-10-45-12-14-47-16-18-49-20-22-51-24-26-53-28-30-55-32-33-56-31-29-54-27-25-52-23-21-50-19-17-48-15-13-46-11-9-38-36-8-7-35(39(41)42)34-37(36)40(43)44/h7-8,34,38H,2-6,9-33H2,1H3. The maximum absolute atomic E-state index is 11.2. The summed E-state index contributed by atoms with van der Waals surface area (Å²) < 4.78 is 65.8. The van der Waals surface area contributed by atoms with E-state index in [4.69, 9.17) is 56.8 Å². The van der Waals surface area contributed by atoms with E-state index in [1.807, 2.05) is 0 Å². The molecule has 326 valence electrons. The fraction of sp³-hybridized carbons (Fsp3) is 0.838. The Hall–Kier alpha value is -2.66. The fourth-order valence-electron chi connectivity index (χ4n) is 4.52. The third kappa shape index (κ3) is 33.5. The highest BCUT2D eigenvalue weighted by Crippen LogP contribution is 2.28. The van der Waals surface area contributed by atoms with Crippen LogP contribution in [-0.2, 0) is 56.8 Å². The van der Waals surface area contributed by atoms with Crippen molar-refractivity contribution in [2.75, 3.05) is 170 Å². The van der Waals surface area contributed by atoms with Crippen molar-refractivity contribution in [1.82, 2.24) is 0 Å². The summed E-state index contributed by atoms with van der Waals surface area (Å²) in [5, 5.41) is 24.8. The van der Waals surface area contributed by atoms with E-state index in [2.05, 4.69) is 12.2 Å². The van der Waals surface area contributed by atoms with Crippen LogP contribution in [-0.4, -0.2) is 175 Å². The molecule has 0 aliphatic carbocycles. The van der Waals surface area contributed by atoms with Gasteiger partial charge >= 0.3 is 0 Å². The Labute approximate surface area is 331 Å². The average molecular weight is 810 g/mol. The zero-order valence-corrected chi connectivity index (χ0v) is 33.4. The van der Waals surface area contributed by atoms with E-state index in [0.29, 0.717) is 145 Å². The van der Waals surface area contributed by atoms with Gasteiger partial charge in [-0.2, -0.15) is 0 Å². The molecule has 0 aliphatic rings. The van der Waals surface area contributed by atoms with Gasteiger partial charge in [-0.25, -0.2) is 0 Å². The molecule has 0 heterocycles. The van der Waals surface area contributed by atoms with Gasteiger partial charge in [-0.1, -0.05) is 32.6 Å². The van der Waals surface area contributed by atoms with Crippen LogP contribution in [0.1, 0.15) is 39.0 Å². The normalized spacial score (nSPS) is 11.4. The Morgan fingerprint density at radius 3 is 1.07 bits per heavy atom. The molecule has 1 N–H and O–H groups in total. The molecule has 56 heavy (non-hydrogen) atoms. The molecule has 0 saturated carbocycles. The van der Waals surface area contributed by atoms with Crippen molar-refractivity contribution in [2.45, 2.75) is 39.0 Å². The number of nitro groups is 2. The summed E-state index contributed by atoms with van der Waals surface area (Å²) in [6.45, 7) is 14.2. The molecule has 0 fully saturated rings. The number of hydrogen-bond donors (Lipinski definition) is 1. The van der Waals surface area contributed by atoms with Gasteiger partial charge in [0.1, 0.15) is 5.69 Å². The van der Waals surface area contributed by atoms with Crippen molar-refractivity contribution in [3.05, 3.63) is 38.4 Å². The fourth-order valence-corrected chi connectivity index (χ4v) is 4.52. The molecule has 0 saturated heterocycles. The van der Waals surface area contributed by atoms with E-state index in [9.17, 15) is 20.2 Å². The minimum atomic E-state index is -0.680. The number of benzene rings is 1. The van der Waals surface area contributed by atoms with Crippen molar-refractivity contribution in [3.8, 4) is 0 Å². The summed E-state index contributed by atoms with van der Waals surface area (Å²) >= 11 is 0. The zero-order chi connectivity index (χ0) is 40.4. The van der Waals surface area contributed by atoms with E-state index < -0.39 is 9.85 Å². The van der Waals surface area contributed by atoms with Crippen LogP contribution in [0.15, 0.2) is 18.2 Å². The molecule has 0 spiro atoms. The van der Waals surface area contributed by atoms with E-state index in [1.165, 1.54) is 37.8 Å². The third-order valence-electron chi connectivity index (χ3n) is 7.44. The highest BCUT2D eigenvalue weighted by molar-refractivity contribution is 5.65. The lowest BCUT2D eigenvalue weighted by Crippen LogP contribution is -2.16. The number of unbranched alkanes of at least 4 members (excludes halogenated alkanes) is 4. The first-order valence-corrected chi connectivity index (χ1v) is 19.7. The maximum Gasteiger partial charge on any atom is 0.299 e. The Kier molecular flexibility index (Phi) is 37.2. The summed E-state index contributed by atoms with van der Waals surface area (Å²) in [6.07, 6.45) is 6.22. The lowest BCUT2D eigenvalue weighted by atomic mass is 10.2. The second-order valence-corrected chi connectivity index (χ2v) is 11.9. The molecule has 1 aromatic carbocycles. The van der Waals surface area contributed by atoms with E-state index in [-0.39, 0.29) is 30.2 Å². The monoisotopic (exact) mass is 809 g/mol. The van der Waals surface area contributed by atoms with Gasteiger partial charge in [-0.05, 0) is 12.5 Å². The van der Waals surface area contributed by atoms with Gasteiger partial charge in [0.2, 0.25) is 0 Å².